The second-order valence-electron chi connectivity index (χ2n) is 5.14. The average Bonchev–Trinajstić information content (AvgIpc) is 2.33. The first-order chi connectivity index (χ1) is 9.01. The molecule has 106 valence electrons. The Morgan fingerprint density at radius 1 is 1.26 bits per heavy atom. The molecule has 0 unspecified atom stereocenters. The molecule has 1 fully saturated rings. The van der Waals surface area contributed by atoms with Crippen LogP contribution in [-0.2, 0) is 4.74 Å². The molecule has 0 amide bonds. The number of halogens is 2. The van der Waals surface area contributed by atoms with Crippen LogP contribution in [0.25, 0.3) is 0 Å². The molecule has 1 aliphatic rings. The Labute approximate surface area is 124 Å². The Morgan fingerprint density at radius 3 is 2.42 bits per heavy atom. The first-order valence-electron chi connectivity index (χ1n) is 6.55. The summed E-state index contributed by atoms with van der Waals surface area (Å²) in [6, 6.07) is 5.89. The number of hydrogen-bond acceptors (Lipinski definition) is 3. The summed E-state index contributed by atoms with van der Waals surface area (Å²) in [5.74, 6) is 0. The van der Waals surface area contributed by atoms with Gasteiger partial charge in [0.25, 0.3) is 0 Å². The Bertz CT molecular complexity index is 431. The van der Waals surface area contributed by atoms with E-state index < -0.39 is 0 Å². The minimum atomic E-state index is 0.156. The molecule has 0 aromatic heterocycles. The number of hydrogen-bond donors (Lipinski definition) is 1. The zero-order chi connectivity index (χ0) is 14.0. The monoisotopic (exact) mass is 302 g/mol. The molecule has 1 heterocycles. The molecule has 3 nitrogen and oxygen atoms in total. The van der Waals surface area contributed by atoms with E-state index in [1.54, 1.807) is 0 Å². The SMILES string of the molecule is C[C@@H]1CN([C@@H](CN)c2ccc(Cl)c(Cl)c2)C[C@@H](C)O1. The van der Waals surface area contributed by atoms with Crippen molar-refractivity contribution in [3.05, 3.63) is 33.8 Å². The summed E-state index contributed by atoms with van der Waals surface area (Å²) in [5.41, 5.74) is 7.07. The third kappa shape index (κ3) is 3.61. The largest absolute Gasteiger partial charge is 0.373 e. The molecule has 0 aliphatic carbocycles. The topological polar surface area (TPSA) is 38.5 Å². The van der Waals surface area contributed by atoms with Crippen LogP contribution in [0.2, 0.25) is 10.0 Å². The fourth-order valence-corrected chi connectivity index (χ4v) is 2.99. The summed E-state index contributed by atoms with van der Waals surface area (Å²) in [6.45, 7) is 6.49. The maximum Gasteiger partial charge on any atom is 0.0678 e. The van der Waals surface area contributed by atoms with E-state index in [2.05, 4.69) is 18.7 Å². The first-order valence-corrected chi connectivity index (χ1v) is 7.31. The van der Waals surface area contributed by atoms with Gasteiger partial charge in [-0.3, -0.25) is 4.90 Å². The van der Waals surface area contributed by atoms with E-state index in [0.717, 1.165) is 18.7 Å². The molecule has 0 saturated carbocycles. The Kier molecular flexibility index (Phi) is 5.09. The van der Waals surface area contributed by atoms with Gasteiger partial charge in [0.1, 0.15) is 0 Å². The Balaban J connectivity index is 2.21. The summed E-state index contributed by atoms with van der Waals surface area (Å²) >= 11 is 12.1. The minimum Gasteiger partial charge on any atom is -0.373 e. The van der Waals surface area contributed by atoms with Gasteiger partial charge in [-0.05, 0) is 31.5 Å². The second-order valence-corrected chi connectivity index (χ2v) is 5.95. The van der Waals surface area contributed by atoms with E-state index in [-0.39, 0.29) is 18.2 Å². The maximum atomic E-state index is 6.10. The lowest BCUT2D eigenvalue weighted by Gasteiger charge is -2.40. The van der Waals surface area contributed by atoms with Gasteiger partial charge in [0, 0.05) is 25.7 Å². The Morgan fingerprint density at radius 2 is 1.89 bits per heavy atom. The van der Waals surface area contributed by atoms with Crippen LogP contribution in [0.5, 0.6) is 0 Å². The minimum absolute atomic E-state index is 0.156. The zero-order valence-electron chi connectivity index (χ0n) is 11.3. The highest BCUT2D eigenvalue weighted by Crippen LogP contribution is 2.29. The van der Waals surface area contributed by atoms with Crippen molar-refractivity contribution in [2.45, 2.75) is 32.1 Å². The van der Waals surface area contributed by atoms with Crippen molar-refractivity contribution in [2.75, 3.05) is 19.6 Å². The standard InChI is InChI=1S/C14H20Cl2N2O/c1-9-7-18(8-10(2)19-9)14(6-17)11-3-4-12(15)13(16)5-11/h3-5,9-10,14H,6-8,17H2,1-2H3/t9-,10-,14+/m1/s1. The van der Waals surface area contributed by atoms with Crippen molar-refractivity contribution in [2.24, 2.45) is 5.73 Å². The molecule has 1 aromatic carbocycles. The molecule has 0 spiro atoms. The zero-order valence-corrected chi connectivity index (χ0v) is 12.8. The lowest BCUT2D eigenvalue weighted by molar-refractivity contribution is -0.0799. The highest BCUT2D eigenvalue weighted by Gasteiger charge is 2.28. The van der Waals surface area contributed by atoms with Crippen LogP contribution in [0.1, 0.15) is 25.5 Å². The lowest BCUT2D eigenvalue weighted by Crippen LogP contribution is -2.48. The number of nitrogens with zero attached hydrogens (tertiary/aromatic N) is 1. The van der Waals surface area contributed by atoms with E-state index in [9.17, 15) is 0 Å². The third-order valence-corrected chi connectivity index (χ3v) is 4.18. The molecule has 0 bridgehead atoms. The van der Waals surface area contributed by atoms with Crippen LogP contribution >= 0.6 is 23.2 Å². The van der Waals surface area contributed by atoms with Gasteiger partial charge in [0.2, 0.25) is 0 Å². The Hall–Kier alpha value is -0.320. The molecule has 0 radical (unpaired) electrons. The summed E-state index contributed by atoms with van der Waals surface area (Å²) in [7, 11) is 0. The molecule has 2 rings (SSSR count). The second kappa shape index (κ2) is 6.42. The smallest absolute Gasteiger partial charge is 0.0678 e. The molecule has 5 heteroatoms. The predicted octanol–water partition coefficient (Wildman–Crippen LogP) is 3.10. The maximum absolute atomic E-state index is 6.10. The van der Waals surface area contributed by atoms with Gasteiger partial charge in [-0.2, -0.15) is 0 Å². The van der Waals surface area contributed by atoms with Crippen molar-refractivity contribution < 1.29 is 4.74 Å². The molecule has 1 aliphatic heterocycles. The van der Waals surface area contributed by atoms with Gasteiger partial charge in [0.15, 0.2) is 0 Å². The molecule has 1 saturated heterocycles. The van der Waals surface area contributed by atoms with E-state index in [0.29, 0.717) is 16.6 Å². The summed E-state index contributed by atoms with van der Waals surface area (Å²) in [4.78, 5) is 2.36. The van der Waals surface area contributed by atoms with Crippen LogP contribution in [0.15, 0.2) is 18.2 Å². The number of rotatable bonds is 3. The molecule has 19 heavy (non-hydrogen) atoms. The van der Waals surface area contributed by atoms with Gasteiger partial charge < -0.3 is 10.5 Å². The average molecular weight is 303 g/mol. The van der Waals surface area contributed by atoms with E-state index >= 15 is 0 Å². The van der Waals surface area contributed by atoms with Crippen LogP contribution in [0, 0.1) is 0 Å². The highest BCUT2D eigenvalue weighted by atomic mass is 35.5. The van der Waals surface area contributed by atoms with Crippen molar-refractivity contribution in [1.29, 1.82) is 0 Å². The molecule has 3 atom stereocenters. The van der Waals surface area contributed by atoms with E-state index in [4.69, 9.17) is 33.7 Å². The quantitative estimate of drug-likeness (QED) is 0.932. The molecular weight excluding hydrogens is 283 g/mol. The lowest BCUT2D eigenvalue weighted by atomic mass is 10.0. The van der Waals surface area contributed by atoms with Gasteiger partial charge >= 0.3 is 0 Å². The first kappa shape index (κ1) is 15.1. The summed E-state index contributed by atoms with van der Waals surface area (Å²) in [5, 5.41) is 1.15. The molecular formula is C14H20Cl2N2O. The van der Waals surface area contributed by atoms with Crippen molar-refractivity contribution in [3.63, 3.8) is 0 Å². The van der Waals surface area contributed by atoms with Gasteiger partial charge in [-0.25, -0.2) is 0 Å². The highest BCUT2D eigenvalue weighted by molar-refractivity contribution is 6.42. The predicted molar refractivity (Wildman–Crippen MR) is 79.8 cm³/mol. The van der Waals surface area contributed by atoms with Crippen LogP contribution in [0.4, 0.5) is 0 Å². The number of ether oxygens (including phenoxy) is 1. The third-order valence-electron chi connectivity index (χ3n) is 3.44. The van der Waals surface area contributed by atoms with Crippen LogP contribution in [-0.4, -0.2) is 36.7 Å². The van der Waals surface area contributed by atoms with Gasteiger partial charge in [0.05, 0.1) is 22.3 Å². The van der Waals surface area contributed by atoms with Gasteiger partial charge in [-0.1, -0.05) is 29.3 Å². The number of nitrogens with two attached hydrogens (primary N) is 1. The summed E-state index contributed by atoms with van der Waals surface area (Å²) in [6.07, 6.45) is 0.446. The fraction of sp³-hybridized carbons (Fsp3) is 0.571. The molecule has 1 aromatic rings. The van der Waals surface area contributed by atoms with Crippen molar-refractivity contribution in [3.8, 4) is 0 Å². The van der Waals surface area contributed by atoms with Gasteiger partial charge in [-0.15, -0.1) is 0 Å². The van der Waals surface area contributed by atoms with Crippen LogP contribution < -0.4 is 5.73 Å². The molecule has 2 N–H and O–H groups in total. The van der Waals surface area contributed by atoms with Crippen molar-refractivity contribution in [1.82, 2.24) is 4.90 Å². The number of morpholine rings is 1. The van der Waals surface area contributed by atoms with E-state index in [1.807, 2.05) is 18.2 Å². The normalized spacial score (nSPS) is 26.4. The number of benzene rings is 1. The van der Waals surface area contributed by atoms with Crippen molar-refractivity contribution >= 4 is 23.2 Å². The van der Waals surface area contributed by atoms with E-state index in [1.165, 1.54) is 0 Å². The summed E-state index contributed by atoms with van der Waals surface area (Å²) < 4.78 is 5.76. The van der Waals surface area contributed by atoms with Crippen LogP contribution in [0.3, 0.4) is 0 Å². The fourth-order valence-electron chi connectivity index (χ4n) is 2.69.